The van der Waals surface area contributed by atoms with Crippen molar-refractivity contribution in [3.05, 3.63) is 42.5 Å². The van der Waals surface area contributed by atoms with E-state index in [0.717, 1.165) is 16.7 Å². The first-order valence-electron chi connectivity index (χ1n) is 4.04. The van der Waals surface area contributed by atoms with Crippen molar-refractivity contribution >= 4 is 11.8 Å². The van der Waals surface area contributed by atoms with Gasteiger partial charge in [-0.1, -0.05) is 18.2 Å². The van der Waals surface area contributed by atoms with E-state index in [4.69, 9.17) is 0 Å². The van der Waals surface area contributed by atoms with Crippen LogP contribution in [0.25, 0.3) is 0 Å². The molecule has 76 valence electrons. The minimum Gasteiger partial charge on any atom is -0.175 e. The number of hydrogen-bond acceptors (Lipinski definition) is 4. The summed E-state index contributed by atoms with van der Waals surface area (Å²) in [5, 5.41) is 0.00574. The second kappa shape index (κ2) is 4.31. The van der Waals surface area contributed by atoms with Gasteiger partial charge in [0.05, 0.1) is 0 Å². The molecule has 6 heteroatoms. The number of halogens is 2. The summed E-state index contributed by atoms with van der Waals surface area (Å²) in [6, 6.07) is 9.07. The van der Waals surface area contributed by atoms with Gasteiger partial charge in [0.15, 0.2) is 0 Å². The summed E-state index contributed by atoms with van der Waals surface area (Å²) in [6.45, 7) is 0. The smallest absolute Gasteiger partial charge is 0.175 e. The summed E-state index contributed by atoms with van der Waals surface area (Å²) in [7, 11) is 0. The van der Waals surface area contributed by atoms with Crippen molar-refractivity contribution < 1.29 is 8.78 Å². The van der Waals surface area contributed by atoms with Crippen LogP contribution in [-0.4, -0.2) is 15.0 Å². The molecule has 0 bridgehead atoms. The molecule has 0 saturated carbocycles. The number of benzene rings is 1. The maximum absolute atomic E-state index is 12.6. The predicted octanol–water partition coefficient (Wildman–Crippen LogP) is 2.30. The van der Waals surface area contributed by atoms with Crippen LogP contribution >= 0.6 is 11.8 Å². The van der Waals surface area contributed by atoms with Crippen LogP contribution in [0.1, 0.15) is 0 Å². The second-order valence-corrected chi connectivity index (χ2v) is 3.61. The number of aromatic nitrogens is 3. The molecule has 0 fully saturated rings. The van der Waals surface area contributed by atoms with Crippen LogP contribution in [0.4, 0.5) is 8.78 Å². The summed E-state index contributed by atoms with van der Waals surface area (Å²) in [6.07, 6.45) is -2.22. The highest BCUT2D eigenvalue weighted by Gasteiger charge is 2.06. The third-order valence-electron chi connectivity index (χ3n) is 1.51. The van der Waals surface area contributed by atoms with Crippen LogP contribution in [0.15, 0.2) is 40.4 Å². The van der Waals surface area contributed by atoms with E-state index >= 15 is 0 Å². The first kappa shape index (κ1) is 9.97. The molecule has 3 nitrogen and oxygen atoms in total. The Labute approximate surface area is 88.6 Å². The van der Waals surface area contributed by atoms with Gasteiger partial charge < -0.3 is 0 Å². The molecule has 1 aromatic carbocycles. The van der Waals surface area contributed by atoms with E-state index in [2.05, 4.69) is 15.0 Å². The van der Waals surface area contributed by atoms with E-state index in [9.17, 15) is 8.78 Å². The Balaban J connectivity index is 2.25. The number of nitrogens with zero attached hydrogens (tertiary/aromatic N) is 3. The van der Waals surface area contributed by atoms with Gasteiger partial charge in [0.25, 0.3) is 0 Å². The van der Waals surface area contributed by atoms with Gasteiger partial charge in [0, 0.05) is 4.90 Å². The zero-order valence-electron chi connectivity index (χ0n) is 7.39. The Morgan fingerprint density at radius 1 is 0.867 bits per heavy atom. The Hall–Kier alpha value is -1.56. The molecular weight excluding hydrogens is 220 g/mol. The van der Waals surface area contributed by atoms with Gasteiger partial charge in [0.2, 0.25) is 5.16 Å². The summed E-state index contributed by atoms with van der Waals surface area (Å²) in [5.74, 6) is 0. The molecule has 0 spiro atoms. The second-order valence-electron chi connectivity index (χ2n) is 2.57. The highest BCUT2D eigenvalue weighted by Crippen LogP contribution is 2.23. The Bertz CT molecular complexity index is 444. The van der Waals surface area contributed by atoms with E-state index in [-0.39, 0.29) is 5.16 Å². The van der Waals surface area contributed by atoms with Crippen molar-refractivity contribution in [3.8, 4) is 0 Å². The summed E-state index contributed by atoms with van der Waals surface area (Å²) in [4.78, 5) is 10.3. The van der Waals surface area contributed by atoms with Gasteiger partial charge in [0.1, 0.15) is 0 Å². The zero-order valence-corrected chi connectivity index (χ0v) is 8.21. The third-order valence-corrected chi connectivity index (χ3v) is 2.39. The van der Waals surface area contributed by atoms with E-state index < -0.39 is 12.2 Å². The van der Waals surface area contributed by atoms with Crippen molar-refractivity contribution in [2.75, 3.05) is 0 Å². The van der Waals surface area contributed by atoms with Crippen molar-refractivity contribution in [1.82, 2.24) is 15.0 Å². The lowest BCUT2D eigenvalue weighted by molar-refractivity contribution is 0.434. The SMILES string of the molecule is Fc1nc(F)nc(Sc2ccccc2)n1. The average molecular weight is 225 g/mol. The monoisotopic (exact) mass is 225 g/mol. The molecule has 0 atom stereocenters. The van der Waals surface area contributed by atoms with Crippen LogP contribution in [0.2, 0.25) is 0 Å². The maximum atomic E-state index is 12.6. The average Bonchev–Trinajstić information content (AvgIpc) is 2.17. The van der Waals surface area contributed by atoms with Crippen LogP contribution in [0.3, 0.4) is 0 Å². The number of hydrogen-bond donors (Lipinski definition) is 0. The van der Waals surface area contributed by atoms with Crippen molar-refractivity contribution in [2.24, 2.45) is 0 Å². The molecule has 0 saturated heterocycles. The van der Waals surface area contributed by atoms with Gasteiger partial charge in [-0.05, 0) is 23.9 Å². The van der Waals surface area contributed by atoms with Gasteiger partial charge in [-0.3, -0.25) is 0 Å². The first-order chi connectivity index (χ1) is 7.24. The summed E-state index contributed by atoms with van der Waals surface area (Å²) < 4.78 is 25.2. The molecule has 0 radical (unpaired) electrons. The van der Waals surface area contributed by atoms with Crippen LogP contribution in [0.5, 0.6) is 0 Å². The first-order valence-corrected chi connectivity index (χ1v) is 4.86. The minimum absolute atomic E-state index is 0.00574. The van der Waals surface area contributed by atoms with Crippen LogP contribution in [-0.2, 0) is 0 Å². The molecular formula is C9H5F2N3S. The summed E-state index contributed by atoms with van der Waals surface area (Å²) >= 11 is 1.07. The Morgan fingerprint density at radius 3 is 2.07 bits per heavy atom. The van der Waals surface area contributed by atoms with E-state index in [1.165, 1.54) is 0 Å². The molecule has 0 aliphatic carbocycles. The summed E-state index contributed by atoms with van der Waals surface area (Å²) in [5.41, 5.74) is 0. The molecule has 15 heavy (non-hydrogen) atoms. The maximum Gasteiger partial charge on any atom is 0.315 e. The topological polar surface area (TPSA) is 38.7 Å². The van der Waals surface area contributed by atoms with Crippen molar-refractivity contribution in [1.29, 1.82) is 0 Å². The van der Waals surface area contributed by atoms with E-state index in [1.54, 1.807) is 12.1 Å². The zero-order chi connectivity index (χ0) is 10.7. The lowest BCUT2D eigenvalue weighted by Gasteiger charge is -1.98. The Morgan fingerprint density at radius 2 is 1.47 bits per heavy atom. The van der Waals surface area contributed by atoms with E-state index in [1.807, 2.05) is 18.2 Å². The fraction of sp³-hybridized carbons (Fsp3) is 0. The largest absolute Gasteiger partial charge is 0.315 e. The molecule has 0 amide bonds. The molecule has 1 heterocycles. The van der Waals surface area contributed by atoms with Gasteiger partial charge in [-0.2, -0.15) is 23.7 Å². The fourth-order valence-corrected chi connectivity index (χ4v) is 1.69. The molecule has 0 aliphatic heterocycles. The highest BCUT2D eigenvalue weighted by molar-refractivity contribution is 7.99. The van der Waals surface area contributed by atoms with Crippen molar-refractivity contribution in [2.45, 2.75) is 10.1 Å². The minimum atomic E-state index is -1.11. The molecule has 0 N–H and O–H groups in total. The van der Waals surface area contributed by atoms with Gasteiger partial charge >= 0.3 is 12.2 Å². The molecule has 0 aliphatic rings. The Kier molecular flexibility index (Phi) is 2.86. The van der Waals surface area contributed by atoms with Gasteiger partial charge in [-0.15, -0.1) is 0 Å². The normalized spacial score (nSPS) is 10.3. The standard InChI is InChI=1S/C9H5F2N3S/c10-7-12-8(11)14-9(13-7)15-6-4-2-1-3-5-6/h1-5H. The number of rotatable bonds is 2. The molecule has 2 rings (SSSR count). The van der Waals surface area contributed by atoms with Gasteiger partial charge in [-0.25, -0.2) is 0 Å². The third kappa shape index (κ3) is 2.69. The highest BCUT2D eigenvalue weighted by atomic mass is 32.2. The predicted molar refractivity (Wildman–Crippen MR) is 50.3 cm³/mol. The fourth-order valence-electron chi connectivity index (χ4n) is 0.949. The van der Waals surface area contributed by atoms with E-state index in [0.29, 0.717) is 0 Å². The quantitative estimate of drug-likeness (QED) is 0.786. The lowest BCUT2D eigenvalue weighted by Crippen LogP contribution is -1.99. The molecule has 0 unspecified atom stereocenters. The van der Waals surface area contributed by atoms with Crippen LogP contribution in [0, 0.1) is 12.2 Å². The van der Waals surface area contributed by atoms with Crippen LogP contribution < -0.4 is 0 Å². The van der Waals surface area contributed by atoms with Crippen molar-refractivity contribution in [3.63, 3.8) is 0 Å². The molecule has 2 aromatic rings. The lowest BCUT2D eigenvalue weighted by atomic mass is 10.4. The molecule has 1 aromatic heterocycles.